The van der Waals surface area contributed by atoms with Crippen LogP contribution in [0.5, 0.6) is 0 Å². The first-order valence-electron chi connectivity index (χ1n) is 6.44. The van der Waals surface area contributed by atoms with Crippen LogP contribution >= 0.6 is 0 Å². The van der Waals surface area contributed by atoms with Crippen LogP contribution in [0.4, 0.5) is 0 Å². The number of aliphatic carboxylic acids is 1. The van der Waals surface area contributed by atoms with Gasteiger partial charge in [-0.1, -0.05) is 32.8 Å². The van der Waals surface area contributed by atoms with E-state index in [4.69, 9.17) is 5.11 Å². The Morgan fingerprint density at radius 1 is 1.18 bits per heavy atom. The number of hydrogen-bond acceptors (Lipinski definition) is 2. The summed E-state index contributed by atoms with van der Waals surface area (Å²) >= 11 is 0. The molecule has 1 N–H and O–H groups in total. The van der Waals surface area contributed by atoms with Crippen LogP contribution in [0.2, 0.25) is 0 Å². The summed E-state index contributed by atoms with van der Waals surface area (Å²) in [6, 6.07) is 0. The number of hydrogen-bond donors (Lipinski definition) is 1. The van der Waals surface area contributed by atoms with Gasteiger partial charge in [0.2, 0.25) is 0 Å². The van der Waals surface area contributed by atoms with Crippen LogP contribution in [0.15, 0.2) is 23.9 Å². The van der Waals surface area contributed by atoms with Gasteiger partial charge in [0.1, 0.15) is 0 Å². The maximum Gasteiger partial charge on any atom is 0.331 e. The first kappa shape index (κ1) is 15.8. The number of carbonyl (C=O) groups is 1. The van der Waals surface area contributed by atoms with Crippen molar-refractivity contribution in [2.24, 2.45) is 0 Å². The predicted molar refractivity (Wildman–Crippen MR) is 71.9 cm³/mol. The second-order valence-corrected chi connectivity index (χ2v) is 4.24. The summed E-state index contributed by atoms with van der Waals surface area (Å²) in [7, 11) is 0. The molecule has 0 aromatic heterocycles. The van der Waals surface area contributed by atoms with E-state index >= 15 is 0 Å². The van der Waals surface area contributed by atoms with E-state index in [-0.39, 0.29) is 0 Å². The van der Waals surface area contributed by atoms with E-state index in [1.54, 1.807) is 13.0 Å². The molecule has 0 aromatic carbocycles. The van der Waals surface area contributed by atoms with E-state index in [0.29, 0.717) is 5.57 Å². The minimum absolute atomic E-state index is 0.368. The molecular formula is C14H25NO2. The molecule has 17 heavy (non-hydrogen) atoms. The lowest BCUT2D eigenvalue weighted by Crippen LogP contribution is -2.19. The van der Waals surface area contributed by atoms with Gasteiger partial charge in [-0.3, -0.25) is 0 Å². The van der Waals surface area contributed by atoms with Crippen LogP contribution in [0.3, 0.4) is 0 Å². The van der Waals surface area contributed by atoms with E-state index in [0.717, 1.165) is 13.1 Å². The molecule has 0 radical (unpaired) electrons. The smallest absolute Gasteiger partial charge is 0.331 e. The summed E-state index contributed by atoms with van der Waals surface area (Å²) in [6.45, 7) is 8.06. The third-order valence-corrected chi connectivity index (χ3v) is 2.58. The lowest BCUT2D eigenvalue weighted by Gasteiger charge is -2.19. The minimum atomic E-state index is -0.858. The first-order chi connectivity index (χ1) is 8.11. The summed E-state index contributed by atoms with van der Waals surface area (Å²) in [4.78, 5) is 12.9. The van der Waals surface area contributed by atoms with Gasteiger partial charge in [-0.2, -0.15) is 0 Å². The lowest BCUT2D eigenvalue weighted by molar-refractivity contribution is -0.132. The van der Waals surface area contributed by atoms with E-state index in [1.165, 1.54) is 25.7 Å². The average Bonchev–Trinajstić information content (AvgIpc) is 2.31. The van der Waals surface area contributed by atoms with Gasteiger partial charge in [-0.05, 0) is 32.0 Å². The molecule has 0 saturated carbocycles. The third-order valence-electron chi connectivity index (χ3n) is 2.58. The molecule has 0 spiro atoms. The Morgan fingerprint density at radius 3 is 2.12 bits per heavy atom. The first-order valence-corrected chi connectivity index (χ1v) is 6.44. The topological polar surface area (TPSA) is 40.5 Å². The number of allylic oxidation sites excluding steroid dienone is 2. The fraction of sp³-hybridized carbons (Fsp3) is 0.643. The third kappa shape index (κ3) is 8.55. The molecule has 0 atom stereocenters. The number of unbranched alkanes of at least 4 members (excludes halogenated alkanes) is 2. The number of nitrogens with zero attached hydrogens (tertiary/aromatic N) is 1. The van der Waals surface area contributed by atoms with Crippen LogP contribution in [-0.4, -0.2) is 29.1 Å². The van der Waals surface area contributed by atoms with E-state index in [9.17, 15) is 4.79 Å². The minimum Gasteiger partial charge on any atom is -0.478 e. The molecule has 0 amide bonds. The van der Waals surface area contributed by atoms with Gasteiger partial charge in [0, 0.05) is 18.7 Å². The second-order valence-electron chi connectivity index (χ2n) is 4.24. The Balaban J connectivity index is 4.24. The van der Waals surface area contributed by atoms with Crippen LogP contribution in [0.25, 0.3) is 0 Å². The van der Waals surface area contributed by atoms with Crippen molar-refractivity contribution in [3.63, 3.8) is 0 Å². The van der Waals surface area contributed by atoms with Gasteiger partial charge >= 0.3 is 5.97 Å². The molecule has 0 bridgehead atoms. The van der Waals surface area contributed by atoms with Crippen LogP contribution < -0.4 is 0 Å². The summed E-state index contributed by atoms with van der Waals surface area (Å²) in [5, 5.41) is 8.71. The second kappa shape index (κ2) is 9.94. The van der Waals surface area contributed by atoms with Gasteiger partial charge in [-0.15, -0.1) is 0 Å². The van der Waals surface area contributed by atoms with Gasteiger partial charge in [-0.25, -0.2) is 4.79 Å². The Labute approximate surface area is 105 Å². The van der Waals surface area contributed by atoms with Crippen molar-refractivity contribution in [1.82, 2.24) is 4.90 Å². The molecule has 0 saturated heterocycles. The maximum absolute atomic E-state index is 10.6. The van der Waals surface area contributed by atoms with E-state index in [1.807, 2.05) is 12.3 Å². The fourth-order valence-corrected chi connectivity index (χ4v) is 1.36. The van der Waals surface area contributed by atoms with E-state index < -0.39 is 5.97 Å². The Morgan fingerprint density at radius 2 is 1.71 bits per heavy atom. The van der Waals surface area contributed by atoms with Crippen LogP contribution in [0.1, 0.15) is 46.5 Å². The molecule has 0 aromatic rings. The van der Waals surface area contributed by atoms with Gasteiger partial charge in [0.15, 0.2) is 0 Å². The number of rotatable bonds is 9. The highest BCUT2D eigenvalue weighted by Crippen LogP contribution is 2.01. The Kier molecular flexibility index (Phi) is 9.21. The average molecular weight is 239 g/mol. The number of carboxylic acids is 1. The predicted octanol–water partition coefficient (Wildman–Crippen LogP) is 3.43. The molecule has 0 heterocycles. The van der Waals surface area contributed by atoms with Crippen molar-refractivity contribution >= 4 is 5.97 Å². The maximum atomic E-state index is 10.6. The van der Waals surface area contributed by atoms with Gasteiger partial charge in [0.05, 0.1) is 0 Å². The quantitative estimate of drug-likeness (QED) is 0.495. The molecule has 0 aliphatic rings. The Hall–Kier alpha value is -1.25. The normalized spacial score (nSPS) is 12.1. The highest BCUT2D eigenvalue weighted by Gasteiger charge is 1.98. The van der Waals surface area contributed by atoms with Crippen molar-refractivity contribution in [3.05, 3.63) is 23.9 Å². The van der Waals surface area contributed by atoms with Crippen molar-refractivity contribution in [3.8, 4) is 0 Å². The van der Waals surface area contributed by atoms with Crippen molar-refractivity contribution < 1.29 is 9.90 Å². The summed E-state index contributed by atoms with van der Waals surface area (Å²) in [6.07, 6.45) is 10.2. The summed E-state index contributed by atoms with van der Waals surface area (Å²) in [5.74, 6) is -0.858. The molecule has 0 unspecified atom stereocenters. The monoisotopic (exact) mass is 239 g/mol. The van der Waals surface area contributed by atoms with Gasteiger partial charge < -0.3 is 10.0 Å². The zero-order valence-electron chi connectivity index (χ0n) is 11.3. The molecule has 3 nitrogen and oxygen atoms in total. The van der Waals surface area contributed by atoms with Crippen LogP contribution in [0, 0.1) is 0 Å². The van der Waals surface area contributed by atoms with Crippen LogP contribution in [-0.2, 0) is 4.79 Å². The SMILES string of the molecule is CCCCN(/C=C\C=C(/C)C(=O)O)CCCC. The molecule has 0 aliphatic carbocycles. The van der Waals surface area contributed by atoms with Gasteiger partial charge in [0.25, 0.3) is 0 Å². The largest absolute Gasteiger partial charge is 0.478 e. The molecule has 0 rings (SSSR count). The molecule has 0 fully saturated rings. The van der Waals surface area contributed by atoms with Crippen molar-refractivity contribution in [2.75, 3.05) is 13.1 Å². The number of carboxylic acid groups (broad SMARTS) is 1. The highest BCUT2D eigenvalue weighted by molar-refractivity contribution is 5.86. The fourth-order valence-electron chi connectivity index (χ4n) is 1.36. The molecular weight excluding hydrogens is 214 g/mol. The molecule has 3 heteroatoms. The Bertz CT molecular complexity index is 261. The van der Waals surface area contributed by atoms with Crippen molar-refractivity contribution in [1.29, 1.82) is 0 Å². The summed E-state index contributed by atoms with van der Waals surface area (Å²) in [5.41, 5.74) is 0.368. The van der Waals surface area contributed by atoms with Crippen molar-refractivity contribution in [2.45, 2.75) is 46.5 Å². The standard InChI is InChI=1S/C14H25NO2/c1-4-6-10-15(11-7-5-2)12-8-9-13(3)14(16)17/h8-9,12H,4-7,10-11H2,1-3H3,(H,16,17)/b12-8-,13-9+. The zero-order chi connectivity index (χ0) is 13.1. The highest BCUT2D eigenvalue weighted by atomic mass is 16.4. The zero-order valence-corrected chi connectivity index (χ0v) is 11.3. The summed E-state index contributed by atoms with van der Waals surface area (Å²) < 4.78 is 0. The molecule has 98 valence electrons. The van der Waals surface area contributed by atoms with E-state index in [2.05, 4.69) is 18.7 Å². The lowest BCUT2D eigenvalue weighted by atomic mass is 10.2. The molecule has 0 aliphatic heterocycles.